The van der Waals surface area contributed by atoms with Gasteiger partial charge in [0.15, 0.2) is 0 Å². The lowest BCUT2D eigenvalue weighted by molar-refractivity contribution is 0.144. The molecule has 0 aromatic heterocycles. The first kappa shape index (κ1) is 12.6. The second-order valence-electron chi connectivity index (χ2n) is 5.67. The molecule has 0 radical (unpaired) electrons. The molecule has 1 aliphatic rings. The highest BCUT2D eigenvalue weighted by atomic mass is 15.2. The zero-order valence-electron chi connectivity index (χ0n) is 11.0. The Labute approximate surface area is 105 Å². The van der Waals surface area contributed by atoms with Crippen LogP contribution in [-0.4, -0.2) is 0 Å². The summed E-state index contributed by atoms with van der Waals surface area (Å²) < 4.78 is 0. The highest BCUT2D eigenvalue weighted by Crippen LogP contribution is 2.45. The van der Waals surface area contributed by atoms with E-state index in [1.54, 1.807) is 0 Å². The minimum Gasteiger partial charge on any atom is -0.271 e. The maximum absolute atomic E-state index is 5.84. The molecule has 94 valence electrons. The molecule has 1 atom stereocenters. The van der Waals surface area contributed by atoms with Gasteiger partial charge in [-0.05, 0) is 36.3 Å². The van der Waals surface area contributed by atoms with E-state index in [1.165, 1.54) is 43.2 Å². The third-order valence-electron chi connectivity index (χ3n) is 4.36. The first-order valence-corrected chi connectivity index (χ1v) is 6.69. The van der Waals surface area contributed by atoms with E-state index >= 15 is 0 Å². The van der Waals surface area contributed by atoms with Crippen molar-refractivity contribution in [1.29, 1.82) is 0 Å². The van der Waals surface area contributed by atoms with Crippen molar-refractivity contribution in [2.75, 3.05) is 0 Å². The number of hydrogen-bond donors (Lipinski definition) is 2. The first-order valence-electron chi connectivity index (χ1n) is 6.69. The molecule has 1 aromatic carbocycles. The molecule has 0 heterocycles. The number of aryl methyl sites for hydroxylation is 1. The minimum atomic E-state index is 0.281. The first-order chi connectivity index (χ1) is 8.17. The summed E-state index contributed by atoms with van der Waals surface area (Å²) in [6.07, 6.45) is 6.59. The van der Waals surface area contributed by atoms with Crippen LogP contribution < -0.4 is 11.3 Å². The van der Waals surface area contributed by atoms with Gasteiger partial charge in [0.2, 0.25) is 0 Å². The number of hydrogen-bond acceptors (Lipinski definition) is 2. The molecule has 17 heavy (non-hydrogen) atoms. The summed E-state index contributed by atoms with van der Waals surface area (Å²) in [5.41, 5.74) is 6.07. The van der Waals surface area contributed by atoms with Crippen molar-refractivity contribution < 1.29 is 0 Å². The molecular weight excluding hydrogens is 208 g/mol. The van der Waals surface area contributed by atoms with Gasteiger partial charge in [0.25, 0.3) is 0 Å². The van der Waals surface area contributed by atoms with Crippen LogP contribution in [0.5, 0.6) is 0 Å². The van der Waals surface area contributed by atoms with E-state index < -0.39 is 0 Å². The SMILES string of the molecule is Cc1ccccc1C(NN)C1(C)CCCCC1. The summed E-state index contributed by atoms with van der Waals surface area (Å²) >= 11 is 0. The van der Waals surface area contributed by atoms with Gasteiger partial charge in [-0.2, -0.15) is 0 Å². The fourth-order valence-corrected chi connectivity index (χ4v) is 3.23. The van der Waals surface area contributed by atoms with Crippen molar-refractivity contribution in [3.8, 4) is 0 Å². The molecule has 0 amide bonds. The largest absolute Gasteiger partial charge is 0.271 e. The molecule has 2 heteroatoms. The molecule has 3 N–H and O–H groups in total. The molecule has 0 bridgehead atoms. The predicted octanol–water partition coefficient (Wildman–Crippen LogP) is 3.47. The van der Waals surface area contributed by atoms with E-state index in [1.807, 2.05) is 0 Å². The van der Waals surface area contributed by atoms with Gasteiger partial charge in [-0.25, -0.2) is 0 Å². The van der Waals surface area contributed by atoms with Crippen LogP contribution in [0.25, 0.3) is 0 Å². The zero-order chi connectivity index (χ0) is 12.3. The molecule has 1 saturated carbocycles. The van der Waals surface area contributed by atoms with Crippen molar-refractivity contribution in [2.24, 2.45) is 11.3 Å². The van der Waals surface area contributed by atoms with Crippen LogP contribution in [0.4, 0.5) is 0 Å². The topological polar surface area (TPSA) is 38.0 Å². The van der Waals surface area contributed by atoms with Crippen molar-refractivity contribution in [3.63, 3.8) is 0 Å². The molecule has 0 spiro atoms. The van der Waals surface area contributed by atoms with Gasteiger partial charge in [0, 0.05) is 0 Å². The number of nitrogens with two attached hydrogens (primary N) is 1. The molecule has 1 aromatic rings. The minimum absolute atomic E-state index is 0.281. The molecule has 1 unspecified atom stereocenters. The lowest BCUT2D eigenvalue weighted by atomic mass is 9.68. The van der Waals surface area contributed by atoms with Crippen molar-refractivity contribution >= 4 is 0 Å². The smallest absolute Gasteiger partial charge is 0.0516 e. The summed E-state index contributed by atoms with van der Waals surface area (Å²) in [5, 5.41) is 0. The molecule has 1 aliphatic carbocycles. The number of rotatable bonds is 3. The zero-order valence-corrected chi connectivity index (χ0v) is 11.0. The number of nitrogens with one attached hydrogen (secondary N) is 1. The van der Waals surface area contributed by atoms with Crippen molar-refractivity contribution in [3.05, 3.63) is 35.4 Å². The van der Waals surface area contributed by atoms with Crippen LogP contribution in [0, 0.1) is 12.3 Å². The maximum Gasteiger partial charge on any atom is 0.0516 e. The average Bonchev–Trinajstić information content (AvgIpc) is 2.33. The number of benzene rings is 1. The summed E-state index contributed by atoms with van der Waals surface area (Å²) in [6.45, 7) is 4.55. The van der Waals surface area contributed by atoms with Gasteiger partial charge in [-0.15, -0.1) is 0 Å². The van der Waals surface area contributed by atoms with E-state index in [0.717, 1.165) is 0 Å². The quantitative estimate of drug-likeness (QED) is 0.618. The van der Waals surface area contributed by atoms with Gasteiger partial charge in [0.05, 0.1) is 6.04 Å². The third kappa shape index (κ3) is 2.53. The Kier molecular flexibility index (Phi) is 3.85. The summed E-state index contributed by atoms with van der Waals surface area (Å²) in [4.78, 5) is 0. The van der Waals surface area contributed by atoms with Gasteiger partial charge in [-0.1, -0.05) is 50.5 Å². The van der Waals surface area contributed by atoms with Gasteiger partial charge in [0.1, 0.15) is 0 Å². The summed E-state index contributed by atoms with van der Waals surface area (Å²) in [7, 11) is 0. The number of hydrazine groups is 1. The standard InChI is InChI=1S/C15H24N2/c1-12-8-4-5-9-13(12)14(17-16)15(2)10-6-3-7-11-15/h4-5,8-9,14,17H,3,6-7,10-11,16H2,1-2H3. The molecular formula is C15H24N2. The predicted molar refractivity (Wildman–Crippen MR) is 72.4 cm³/mol. The normalized spacial score (nSPS) is 21.1. The van der Waals surface area contributed by atoms with Crippen LogP contribution >= 0.6 is 0 Å². The Morgan fingerprint density at radius 2 is 1.82 bits per heavy atom. The summed E-state index contributed by atoms with van der Waals surface area (Å²) in [5.74, 6) is 5.84. The average molecular weight is 232 g/mol. The van der Waals surface area contributed by atoms with E-state index in [2.05, 4.69) is 43.5 Å². The second kappa shape index (κ2) is 5.19. The van der Waals surface area contributed by atoms with E-state index in [4.69, 9.17) is 5.84 Å². The molecule has 0 aliphatic heterocycles. The van der Waals surface area contributed by atoms with E-state index in [0.29, 0.717) is 5.41 Å². The Balaban J connectivity index is 2.29. The summed E-state index contributed by atoms with van der Waals surface area (Å²) in [6, 6.07) is 8.86. The Morgan fingerprint density at radius 3 is 2.41 bits per heavy atom. The van der Waals surface area contributed by atoms with E-state index in [-0.39, 0.29) is 6.04 Å². The van der Waals surface area contributed by atoms with Crippen molar-refractivity contribution in [1.82, 2.24) is 5.43 Å². The van der Waals surface area contributed by atoms with Gasteiger partial charge < -0.3 is 0 Å². The lowest BCUT2D eigenvalue weighted by Crippen LogP contribution is -2.41. The molecule has 1 fully saturated rings. The highest BCUT2D eigenvalue weighted by Gasteiger charge is 2.36. The van der Waals surface area contributed by atoms with Crippen LogP contribution in [0.3, 0.4) is 0 Å². The van der Waals surface area contributed by atoms with Crippen LogP contribution in [0.1, 0.15) is 56.2 Å². The van der Waals surface area contributed by atoms with Crippen molar-refractivity contribution in [2.45, 2.75) is 52.0 Å². The highest BCUT2D eigenvalue weighted by molar-refractivity contribution is 5.30. The Morgan fingerprint density at radius 1 is 1.18 bits per heavy atom. The molecule has 2 rings (SSSR count). The monoisotopic (exact) mass is 232 g/mol. The van der Waals surface area contributed by atoms with Gasteiger partial charge >= 0.3 is 0 Å². The fraction of sp³-hybridized carbons (Fsp3) is 0.600. The Hall–Kier alpha value is -0.860. The lowest BCUT2D eigenvalue weighted by Gasteiger charge is -2.41. The van der Waals surface area contributed by atoms with E-state index in [9.17, 15) is 0 Å². The van der Waals surface area contributed by atoms with Crippen LogP contribution in [0.15, 0.2) is 24.3 Å². The fourth-order valence-electron chi connectivity index (χ4n) is 3.23. The van der Waals surface area contributed by atoms with Crippen LogP contribution in [0.2, 0.25) is 0 Å². The van der Waals surface area contributed by atoms with Gasteiger partial charge in [-0.3, -0.25) is 11.3 Å². The Bertz CT molecular complexity index is 367. The maximum atomic E-state index is 5.84. The molecule has 2 nitrogen and oxygen atoms in total. The second-order valence-corrected chi connectivity index (χ2v) is 5.67. The van der Waals surface area contributed by atoms with Crippen LogP contribution in [-0.2, 0) is 0 Å². The third-order valence-corrected chi connectivity index (χ3v) is 4.36. The molecule has 0 saturated heterocycles.